The first-order valence-electron chi connectivity index (χ1n) is 9.74. The molecule has 1 fully saturated rings. The van der Waals surface area contributed by atoms with Crippen molar-refractivity contribution in [2.24, 2.45) is 0 Å². The third-order valence-corrected chi connectivity index (χ3v) is 7.34. The monoisotopic (exact) mass is 514 g/mol. The summed E-state index contributed by atoms with van der Waals surface area (Å²) in [5.74, 6) is -0.0518. The highest BCUT2D eigenvalue weighted by Gasteiger charge is 2.23. The molecule has 0 bridgehead atoms. The fourth-order valence-electron chi connectivity index (χ4n) is 3.36. The highest BCUT2D eigenvalue weighted by atomic mass is 79.9. The zero-order valence-corrected chi connectivity index (χ0v) is 19.7. The minimum atomic E-state index is -3.64. The molecule has 0 aromatic heterocycles. The highest BCUT2D eigenvalue weighted by molar-refractivity contribution is 9.10. The van der Waals surface area contributed by atoms with E-state index in [1.54, 1.807) is 0 Å². The van der Waals surface area contributed by atoms with Crippen LogP contribution in [0.5, 0.6) is 5.75 Å². The van der Waals surface area contributed by atoms with Crippen molar-refractivity contribution < 1.29 is 17.9 Å². The van der Waals surface area contributed by atoms with Crippen molar-refractivity contribution in [3.63, 3.8) is 0 Å². The summed E-state index contributed by atoms with van der Waals surface area (Å²) in [6.45, 7) is 1.65. The molecule has 0 radical (unpaired) electrons. The van der Waals surface area contributed by atoms with Crippen molar-refractivity contribution in [2.45, 2.75) is 49.6 Å². The van der Waals surface area contributed by atoms with Crippen LogP contribution in [0.1, 0.15) is 44.2 Å². The molecule has 0 heterocycles. The zero-order valence-electron chi connectivity index (χ0n) is 16.5. The van der Waals surface area contributed by atoms with Crippen LogP contribution in [0.15, 0.2) is 51.8 Å². The van der Waals surface area contributed by atoms with Gasteiger partial charge in [-0.05, 0) is 55.7 Å². The Bertz CT molecular complexity index is 993. The maximum Gasteiger partial charge on any atom is 0.258 e. The summed E-state index contributed by atoms with van der Waals surface area (Å²) in [5.41, 5.74) is 0.967. The number of amides is 1. The molecule has 0 spiro atoms. The summed E-state index contributed by atoms with van der Waals surface area (Å²) < 4.78 is 34.2. The van der Waals surface area contributed by atoms with Gasteiger partial charge in [0.1, 0.15) is 5.75 Å². The average molecular weight is 516 g/mol. The topological polar surface area (TPSA) is 84.5 Å². The molecule has 1 unspecified atom stereocenters. The first kappa shape index (κ1) is 23.1. The molecule has 1 aliphatic carbocycles. The van der Waals surface area contributed by atoms with E-state index in [4.69, 9.17) is 16.3 Å². The molecule has 0 saturated heterocycles. The molecule has 1 aliphatic rings. The van der Waals surface area contributed by atoms with Gasteiger partial charge in [-0.3, -0.25) is 4.79 Å². The number of carbonyl (C=O) groups excluding carboxylic acids is 1. The van der Waals surface area contributed by atoms with Gasteiger partial charge in [0.05, 0.1) is 16.0 Å². The number of sulfonamides is 1. The summed E-state index contributed by atoms with van der Waals surface area (Å²) >= 11 is 9.58. The van der Waals surface area contributed by atoms with Crippen molar-refractivity contribution in [3.8, 4) is 5.75 Å². The van der Waals surface area contributed by atoms with E-state index in [9.17, 15) is 13.2 Å². The van der Waals surface area contributed by atoms with E-state index in [1.807, 2.05) is 31.2 Å². The first-order chi connectivity index (χ1) is 14.2. The smallest absolute Gasteiger partial charge is 0.258 e. The Labute approximate surface area is 190 Å². The Morgan fingerprint density at radius 3 is 2.50 bits per heavy atom. The fourth-order valence-corrected chi connectivity index (χ4v) is 5.25. The summed E-state index contributed by atoms with van der Waals surface area (Å²) in [5, 5.41) is 2.99. The van der Waals surface area contributed by atoms with Crippen LogP contribution in [0.3, 0.4) is 0 Å². The Morgan fingerprint density at radius 1 is 1.20 bits per heavy atom. The van der Waals surface area contributed by atoms with Crippen molar-refractivity contribution in [2.75, 3.05) is 6.61 Å². The van der Waals surface area contributed by atoms with E-state index < -0.39 is 10.0 Å². The SMILES string of the molecule is CC(NC(=O)COc1ccc(S(=O)(=O)NC2CCCC2)cc1Cl)c1ccc(Br)cc1. The second-order valence-corrected chi connectivity index (χ2v) is 10.4. The Balaban J connectivity index is 1.56. The largest absolute Gasteiger partial charge is 0.482 e. The van der Waals surface area contributed by atoms with E-state index in [0.29, 0.717) is 0 Å². The lowest BCUT2D eigenvalue weighted by Gasteiger charge is -2.16. The molecule has 2 aromatic rings. The molecule has 1 saturated carbocycles. The van der Waals surface area contributed by atoms with Crippen LogP contribution in [0.2, 0.25) is 5.02 Å². The van der Waals surface area contributed by atoms with Gasteiger partial charge in [-0.2, -0.15) is 0 Å². The molecule has 30 heavy (non-hydrogen) atoms. The van der Waals surface area contributed by atoms with E-state index in [-0.39, 0.29) is 40.3 Å². The van der Waals surface area contributed by atoms with Gasteiger partial charge in [0, 0.05) is 10.5 Å². The molecule has 2 N–H and O–H groups in total. The van der Waals surface area contributed by atoms with Gasteiger partial charge in [0.25, 0.3) is 5.91 Å². The van der Waals surface area contributed by atoms with E-state index in [0.717, 1.165) is 35.7 Å². The molecular formula is C21H24BrClN2O4S. The minimum Gasteiger partial charge on any atom is -0.482 e. The fraction of sp³-hybridized carbons (Fsp3) is 0.381. The molecule has 6 nitrogen and oxygen atoms in total. The molecule has 1 atom stereocenters. The highest BCUT2D eigenvalue weighted by Crippen LogP contribution is 2.28. The molecule has 9 heteroatoms. The minimum absolute atomic E-state index is 0.0267. The molecule has 0 aliphatic heterocycles. The Morgan fingerprint density at radius 2 is 1.87 bits per heavy atom. The summed E-state index contributed by atoms with van der Waals surface area (Å²) in [7, 11) is -3.64. The third-order valence-electron chi connectivity index (χ3n) is 5.00. The number of carbonyl (C=O) groups is 1. The zero-order chi connectivity index (χ0) is 21.7. The quantitative estimate of drug-likeness (QED) is 0.539. The molecular weight excluding hydrogens is 492 g/mol. The van der Waals surface area contributed by atoms with E-state index in [2.05, 4.69) is 26.0 Å². The van der Waals surface area contributed by atoms with Crippen LogP contribution >= 0.6 is 27.5 Å². The maximum atomic E-state index is 12.5. The number of nitrogens with one attached hydrogen (secondary N) is 2. The molecule has 2 aromatic carbocycles. The molecule has 1 amide bonds. The van der Waals surface area contributed by atoms with Gasteiger partial charge in [0.2, 0.25) is 10.0 Å². The summed E-state index contributed by atoms with van der Waals surface area (Å²) in [6.07, 6.45) is 3.76. The van der Waals surface area contributed by atoms with Crippen molar-refractivity contribution in [1.29, 1.82) is 0 Å². The normalized spacial score (nSPS) is 15.7. The van der Waals surface area contributed by atoms with Crippen molar-refractivity contribution in [3.05, 3.63) is 57.5 Å². The number of hydrogen-bond acceptors (Lipinski definition) is 4. The molecule has 3 rings (SSSR count). The van der Waals surface area contributed by atoms with Crippen molar-refractivity contribution in [1.82, 2.24) is 10.0 Å². The van der Waals surface area contributed by atoms with Crippen molar-refractivity contribution >= 4 is 43.5 Å². The number of ether oxygens (including phenoxy) is 1. The predicted molar refractivity (Wildman–Crippen MR) is 120 cm³/mol. The first-order valence-corrected chi connectivity index (χ1v) is 12.4. The average Bonchev–Trinajstić information content (AvgIpc) is 3.19. The second kappa shape index (κ2) is 10.1. The second-order valence-electron chi connectivity index (χ2n) is 7.32. The van der Waals surface area contributed by atoms with E-state index in [1.165, 1.54) is 18.2 Å². The molecule has 162 valence electrons. The van der Waals surface area contributed by atoms with Crippen LogP contribution in [-0.4, -0.2) is 27.0 Å². The number of halogens is 2. The third kappa shape index (κ3) is 6.20. The lowest BCUT2D eigenvalue weighted by atomic mass is 10.1. The van der Waals surface area contributed by atoms with Gasteiger partial charge in [0.15, 0.2) is 6.61 Å². The standard InChI is InChI=1S/C21H24BrClN2O4S/c1-14(15-6-8-16(22)9-7-15)24-21(26)13-29-20-11-10-18(12-19(20)23)30(27,28)25-17-4-2-3-5-17/h6-12,14,17,25H,2-5,13H2,1H3,(H,24,26). The lowest BCUT2D eigenvalue weighted by molar-refractivity contribution is -0.123. The van der Waals surface area contributed by atoms with Gasteiger partial charge in [-0.15, -0.1) is 0 Å². The van der Waals surface area contributed by atoms with Crippen LogP contribution in [0.4, 0.5) is 0 Å². The number of hydrogen-bond donors (Lipinski definition) is 2. The van der Waals surface area contributed by atoms with Gasteiger partial charge in [-0.1, -0.05) is 52.5 Å². The number of rotatable bonds is 8. The van der Waals surface area contributed by atoms with Crippen LogP contribution < -0.4 is 14.8 Å². The lowest BCUT2D eigenvalue weighted by Crippen LogP contribution is -2.32. The van der Waals surface area contributed by atoms with Gasteiger partial charge >= 0.3 is 0 Å². The number of benzene rings is 2. The summed E-state index contributed by atoms with van der Waals surface area (Å²) in [6, 6.07) is 11.7. The van der Waals surface area contributed by atoms with Crippen LogP contribution in [0, 0.1) is 0 Å². The summed E-state index contributed by atoms with van der Waals surface area (Å²) in [4.78, 5) is 12.3. The van der Waals surface area contributed by atoms with Gasteiger partial charge < -0.3 is 10.1 Å². The predicted octanol–water partition coefficient (Wildman–Crippen LogP) is 4.58. The Hall–Kier alpha value is -1.61. The maximum absolute atomic E-state index is 12.5. The van der Waals surface area contributed by atoms with E-state index >= 15 is 0 Å². The van der Waals surface area contributed by atoms with Crippen LogP contribution in [0.25, 0.3) is 0 Å². The Kier molecular flexibility index (Phi) is 7.79. The van der Waals surface area contributed by atoms with Gasteiger partial charge in [-0.25, -0.2) is 13.1 Å². The van der Waals surface area contributed by atoms with Crippen LogP contribution in [-0.2, 0) is 14.8 Å².